The summed E-state index contributed by atoms with van der Waals surface area (Å²) in [6.45, 7) is 3.80. The molecule has 2 heterocycles. The van der Waals surface area contributed by atoms with Crippen LogP contribution in [0.15, 0.2) is 12.3 Å². The molecule has 1 aromatic heterocycles. The summed E-state index contributed by atoms with van der Waals surface area (Å²) < 4.78 is 0. The number of hydrogen-bond acceptors (Lipinski definition) is 6. The maximum Gasteiger partial charge on any atom is 0.288 e. The Labute approximate surface area is 120 Å². The zero-order chi connectivity index (χ0) is 15.8. The van der Waals surface area contributed by atoms with Gasteiger partial charge in [-0.15, -0.1) is 0 Å². The highest BCUT2D eigenvalue weighted by Gasteiger charge is 2.41. The number of carbonyl (C=O) groups excluding carboxylic acids is 2. The number of pyridine rings is 1. The van der Waals surface area contributed by atoms with E-state index in [9.17, 15) is 19.7 Å². The molecule has 1 aromatic rings. The first-order chi connectivity index (χ1) is 9.75. The minimum atomic E-state index is -1.06. The highest BCUT2D eigenvalue weighted by Crippen LogP contribution is 2.24. The van der Waals surface area contributed by atoms with Gasteiger partial charge in [0.1, 0.15) is 17.6 Å². The van der Waals surface area contributed by atoms with E-state index in [4.69, 9.17) is 5.73 Å². The van der Waals surface area contributed by atoms with Crippen LogP contribution in [0.1, 0.15) is 24.2 Å². The van der Waals surface area contributed by atoms with Crippen molar-refractivity contribution >= 4 is 23.3 Å². The number of rotatable bonds is 2. The number of aromatic nitrogens is 1. The van der Waals surface area contributed by atoms with Crippen LogP contribution in [-0.2, 0) is 4.79 Å². The van der Waals surface area contributed by atoms with Gasteiger partial charge in [0.05, 0.1) is 10.5 Å². The predicted octanol–water partition coefficient (Wildman–Crippen LogP) is -0.0774. The monoisotopic (exact) mass is 293 g/mol. The summed E-state index contributed by atoms with van der Waals surface area (Å²) in [5, 5.41) is 13.4. The number of anilines is 1. The Hall–Kier alpha value is -2.71. The number of hydrogen-bond donors (Lipinski definition) is 2. The van der Waals surface area contributed by atoms with Gasteiger partial charge in [0.15, 0.2) is 0 Å². The molecule has 112 valence electrons. The topological polar surface area (TPSA) is 131 Å². The molecule has 0 radical (unpaired) electrons. The third kappa shape index (κ3) is 2.49. The number of piperazine rings is 1. The van der Waals surface area contributed by atoms with Crippen molar-refractivity contribution in [1.29, 1.82) is 0 Å². The maximum absolute atomic E-state index is 12.6. The fourth-order valence-electron chi connectivity index (χ4n) is 2.14. The summed E-state index contributed by atoms with van der Waals surface area (Å²) in [6, 6.07) is 1.08. The number of nitrogens with zero attached hydrogens (tertiary/aromatic N) is 3. The summed E-state index contributed by atoms with van der Waals surface area (Å²) in [5.74, 6) is -0.949. The van der Waals surface area contributed by atoms with Gasteiger partial charge < -0.3 is 16.0 Å². The van der Waals surface area contributed by atoms with Crippen LogP contribution in [0, 0.1) is 10.1 Å². The van der Waals surface area contributed by atoms with E-state index in [-0.39, 0.29) is 23.0 Å². The first kappa shape index (κ1) is 14.7. The van der Waals surface area contributed by atoms with E-state index in [2.05, 4.69) is 10.3 Å². The standard InChI is InChI=1S/C12H15N5O4/c1-12(2)11(19)14-3-4-16(12)10(18)8-5-7(17(20)21)6-15-9(8)13/h5-6H,3-4H2,1-2H3,(H2,13,15)(H,14,19). The lowest BCUT2D eigenvalue weighted by atomic mass is 9.97. The zero-order valence-electron chi connectivity index (χ0n) is 11.6. The molecule has 1 fully saturated rings. The highest BCUT2D eigenvalue weighted by molar-refractivity contribution is 6.02. The van der Waals surface area contributed by atoms with Gasteiger partial charge in [-0.2, -0.15) is 0 Å². The van der Waals surface area contributed by atoms with E-state index in [1.807, 2.05) is 0 Å². The van der Waals surface area contributed by atoms with Crippen molar-refractivity contribution in [2.45, 2.75) is 19.4 Å². The van der Waals surface area contributed by atoms with Crippen molar-refractivity contribution in [3.8, 4) is 0 Å². The summed E-state index contributed by atoms with van der Waals surface area (Å²) in [4.78, 5) is 39.6. The molecule has 0 bridgehead atoms. The molecule has 21 heavy (non-hydrogen) atoms. The lowest BCUT2D eigenvalue weighted by molar-refractivity contribution is -0.385. The smallest absolute Gasteiger partial charge is 0.288 e. The zero-order valence-corrected chi connectivity index (χ0v) is 11.6. The number of carbonyl (C=O) groups is 2. The van der Waals surface area contributed by atoms with Crippen molar-refractivity contribution in [2.75, 3.05) is 18.8 Å². The number of nitro groups is 1. The number of amides is 2. The van der Waals surface area contributed by atoms with Gasteiger partial charge in [-0.05, 0) is 13.8 Å². The summed E-state index contributed by atoms with van der Waals surface area (Å²) in [6.07, 6.45) is 0.986. The van der Waals surface area contributed by atoms with Gasteiger partial charge in [-0.25, -0.2) is 4.98 Å². The largest absolute Gasteiger partial charge is 0.383 e. The normalized spacial score (nSPS) is 17.2. The van der Waals surface area contributed by atoms with Crippen LogP contribution >= 0.6 is 0 Å². The molecule has 1 aliphatic rings. The lowest BCUT2D eigenvalue weighted by Crippen LogP contribution is -2.63. The Kier molecular flexibility index (Phi) is 3.50. The van der Waals surface area contributed by atoms with Crippen molar-refractivity contribution < 1.29 is 14.5 Å². The van der Waals surface area contributed by atoms with Gasteiger partial charge in [-0.3, -0.25) is 19.7 Å². The number of nitrogen functional groups attached to an aromatic ring is 1. The maximum atomic E-state index is 12.6. The fraction of sp³-hybridized carbons (Fsp3) is 0.417. The van der Waals surface area contributed by atoms with E-state index in [0.717, 1.165) is 12.3 Å². The fourth-order valence-corrected chi connectivity index (χ4v) is 2.14. The van der Waals surface area contributed by atoms with E-state index in [1.165, 1.54) is 4.90 Å². The van der Waals surface area contributed by atoms with E-state index in [0.29, 0.717) is 13.1 Å². The lowest BCUT2D eigenvalue weighted by Gasteiger charge is -2.41. The molecule has 9 nitrogen and oxygen atoms in total. The second kappa shape index (κ2) is 5.00. The summed E-state index contributed by atoms with van der Waals surface area (Å²) in [7, 11) is 0. The molecule has 9 heteroatoms. The molecule has 0 unspecified atom stereocenters. The molecule has 1 saturated heterocycles. The third-order valence-electron chi connectivity index (χ3n) is 3.44. The van der Waals surface area contributed by atoms with Gasteiger partial charge in [0.2, 0.25) is 5.91 Å². The van der Waals surface area contributed by atoms with E-state index < -0.39 is 16.4 Å². The molecular weight excluding hydrogens is 278 g/mol. The van der Waals surface area contributed by atoms with Gasteiger partial charge in [0, 0.05) is 19.2 Å². The third-order valence-corrected chi connectivity index (χ3v) is 3.44. The SMILES string of the molecule is CC1(C)C(=O)NCCN1C(=O)c1cc([N+](=O)[O-])cnc1N. The van der Waals surface area contributed by atoms with Crippen LogP contribution < -0.4 is 11.1 Å². The van der Waals surface area contributed by atoms with Crippen molar-refractivity contribution in [1.82, 2.24) is 15.2 Å². The Morgan fingerprint density at radius 3 is 2.86 bits per heavy atom. The predicted molar refractivity (Wildman–Crippen MR) is 73.4 cm³/mol. The first-order valence-electron chi connectivity index (χ1n) is 6.25. The van der Waals surface area contributed by atoms with Crippen molar-refractivity contribution in [3.05, 3.63) is 27.9 Å². The average molecular weight is 293 g/mol. The van der Waals surface area contributed by atoms with Crippen LogP contribution in [0.3, 0.4) is 0 Å². The molecule has 2 rings (SSSR count). The van der Waals surface area contributed by atoms with Crippen LogP contribution in [0.4, 0.5) is 11.5 Å². The second-order valence-corrected chi connectivity index (χ2v) is 5.16. The van der Waals surface area contributed by atoms with Crippen LogP contribution in [0.5, 0.6) is 0 Å². The van der Waals surface area contributed by atoms with E-state index in [1.54, 1.807) is 13.8 Å². The molecule has 1 aliphatic heterocycles. The Morgan fingerprint density at radius 1 is 1.57 bits per heavy atom. The van der Waals surface area contributed by atoms with Crippen LogP contribution in [0.25, 0.3) is 0 Å². The Bertz CT molecular complexity index is 628. The average Bonchev–Trinajstić information content (AvgIpc) is 2.41. The molecule has 0 aliphatic carbocycles. The van der Waals surface area contributed by atoms with Crippen LogP contribution in [-0.4, -0.2) is 45.2 Å². The minimum absolute atomic E-state index is 0.0769. The molecule has 0 atom stereocenters. The van der Waals surface area contributed by atoms with Gasteiger partial charge in [-0.1, -0.05) is 0 Å². The number of nitrogens with one attached hydrogen (secondary N) is 1. The van der Waals surface area contributed by atoms with Gasteiger partial charge in [0.25, 0.3) is 11.6 Å². The van der Waals surface area contributed by atoms with Gasteiger partial charge >= 0.3 is 0 Å². The van der Waals surface area contributed by atoms with Crippen molar-refractivity contribution in [2.24, 2.45) is 0 Å². The summed E-state index contributed by atoms with van der Waals surface area (Å²) in [5.41, 5.74) is 4.17. The molecule has 3 N–H and O–H groups in total. The molecule has 0 spiro atoms. The second-order valence-electron chi connectivity index (χ2n) is 5.16. The molecule has 0 aromatic carbocycles. The minimum Gasteiger partial charge on any atom is -0.383 e. The molecular formula is C12H15N5O4. The van der Waals surface area contributed by atoms with Crippen molar-refractivity contribution in [3.63, 3.8) is 0 Å². The number of nitrogens with two attached hydrogens (primary N) is 1. The first-order valence-corrected chi connectivity index (χ1v) is 6.25. The van der Waals surface area contributed by atoms with Crippen LogP contribution in [0.2, 0.25) is 0 Å². The Balaban J connectivity index is 2.42. The Morgan fingerprint density at radius 2 is 2.24 bits per heavy atom. The molecule has 2 amide bonds. The highest BCUT2D eigenvalue weighted by atomic mass is 16.6. The quantitative estimate of drug-likeness (QED) is 0.579. The molecule has 0 saturated carbocycles. The van der Waals surface area contributed by atoms with E-state index >= 15 is 0 Å². The summed E-state index contributed by atoms with van der Waals surface area (Å²) >= 11 is 0.